The summed E-state index contributed by atoms with van der Waals surface area (Å²) >= 11 is 0. The normalized spacial score (nSPS) is 13.4. The van der Waals surface area contributed by atoms with E-state index in [9.17, 15) is 9.18 Å². The molecular weight excluding hydrogens is 239 g/mol. The molecule has 18 heavy (non-hydrogen) atoms. The molecule has 0 aromatic rings. The van der Waals surface area contributed by atoms with Gasteiger partial charge in [0.25, 0.3) is 0 Å². The van der Waals surface area contributed by atoms with Crippen molar-refractivity contribution in [1.29, 1.82) is 0 Å². The quantitative estimate of drug-likeness (QED) is 0.521. The topological polar surface area (TPSA) is 70.6 Å². The largest absolute Gasteiger partial charge is 0.387 e. The Balaban J connectivity index is 3.35. The number of hydrogen-bond donors (Lipinski definition) is 3. The van der Waals surface area contributed by atoms with E-state index in [1.807, 2.05) is 0 Å². The second-order valence-electron chi connectivity index (χ2n) is 5.16. The fourth-order valence-electron chi connectivity index (χ4n) is 1.19. The van der Waals surface area contributed by atoms with Crippen LogP contribution in [0.2, 0.25) is 0 Å². The number of aliphatic hydroxyl groups is 1. The monoisotopic (exact) mass is 264 g/mol. The number of ether oxygens (including phenoxy) is 1. The molecule has 1 unspecified atom stereocenters. The van der Waals surface area contributed by atoms with Gasteiger partial charge in [-0.2, -0.15) is 0 Å². The first-order valence-corrected chi connectivity index (χ1v) is 6.19. The van der Waals surface area contributed by atoms with Crippen LogP contribution in [0, 0.1) is 0 Å². The Morgan fingerprint density at radius 1 is 1.44 bits per heavy atom. The molecule has 0 aliphatic rings. The SMILES string of the molecule is CC(C)(C)NCCCOCC(F)CNC(=O)CO. The van der Waals surface area contributed by atoms with Gasteiger partial charge < -0.3 is 20.5 Å². The lowest BCUT2D eigenvalue weighted by Crippen LogP contribution is -2.37. The van der Waals surface area contributed by atoms with Gasteiger partial charge in [-0.25, -0.2) is 4.39 Å². The van der Waals surface area contributed by atoms with Gasteiger partial charge in [0.2, 0.25) is 5.91 Å². The molecule has 108 valence electrons. The average molecular weight is 264 g/mol. The van der Waals surface area contributed by atoms with Gasteiger partial charge in [-0.05, 0) is 33.7 Å². The molecule has 3 N–H and O–H groups in total. The molecule has 0 aliphatic heterocycles. The lowest BCUT2D eigenvalue weighted by Gasteiger charge is -2.20. The summed E-state index contributed by atoms with van der Waals surface area (Å²) in [5, 5.41) is 14.0. The van der Waals surface area contributed by atoms with Gasteiger partial charge in [-0.3, -0.25) is 4.79 Å². The second-order valence-corrected chi connectivity index (χ2v) is 5.16. The average Bonchev–Trinajstić information content (AvgIpc) is 2.29. The van der Waals surface area contributed by atoms with Crippen LogP contribution in [-0.4, -0.2) is 55.6 Å². The number of hydrogen-bond acceptors (Lipinski definition) is 4. The molecule has 0 aromatic carbocycles. The van der Waals surface area contributed by atoms with E-state index in [2.05, 4.69) is 31.4 Å². The smallest absolute Gasteiger partial charge is 0.245 e. The van der Waals surface area contributed by atoms with Crippen LogP contribution in [-0.2, 0) is 9.53 Å². The first-order valence-electron chi connectivity index (χ1n) is 6.19. The van der Waals surface area contributed by atoms with Crippen molar-refractivity contribution in [2.75, 3.05) is 32.9 Å². The van der Waals surface area contributed by atoms with E-state index in [-0.39, 0.29) is 18.7 Å². The molecule has 0 saturated heterocycles. The minimum Gasteiger partial charge on any atom is -0.387 e. The van der Waals surface area contributed by atoms with Crippen molar-refractivity contribution in [3.63, 3.8) is 0 Å². The Morgan fingerprint density at radius 2 is 2.11 bits per heavy atom. The van der Waals surface area contributed by atoms with Crippen molar-refractivity contribution in [1.82, 2.24) is 10.6 Å². The highest BCUT2D eigenvalue weighted by atomic mass is 19.1. The van der Waals surface area contributed by atoms with Gasteiger partial charge in [-0.15, -0.1) is 0 Å². The van der Waals surface area contributed by atoms with Gasteiger partial charge >= 0.3 is 0 Å². The van der Waals surface area contributed by atoms with Crippen LogP contribution >= 0.6 is 0 Å². The number of amides is 1. The van der Waals surface area contributed by atoms with Gasteiger partial charge in [-0.1, -0.05) is 0 Å². The van der Waals surface area contributed by atoms with Crippen LogP contribution < -0.4 is 10.6 Å². The Morgan fingerprint density at radius 3 is 2.67 bits per heavy atom. The van der Waals surface area contributed by atoms with E-state index in [1.165, 1.54) is 0 Å². The maximum absolute atomic E-state index is 13.2. The molecule has 1 amide bonds. The predicted octanol–water partition coefficient (Wildman–Crippen LogP) is 0.228. The van der Waals surface area contributed by atoms with Crippen LogP contribution in [0.25, 0.3) is 0 Å². The first kappa shape index (κ1) is 17.3. The molecule has 0 saturated carbocycles. The van der Waals surface area contributed by atoms with Gasteiger partial charge in [0, 0.05) is 12.1 Å². The highest BCUT2D eigenvalue weighted by Crippen LogP contribution is 1.98. The Labute approximate surface area is 108 Å². The summed E-state index contributed by atoms with van der Waals surface area (Å²) in [6, 6.07) is 0. The Bertz CT molecular complexity index is 232. The summed E-state index contributed by atoms with van der Waals surface area (Å²) < 4.78 is 18.3. The maximum Gasteiger partial charge on any atom is 0.245 e. The molecule has 0 aliphatic carbocycles. The summed E-state index contributed by atoms with van der Waals surface area (Å²) in [5.41, 5.74) is 0.0806. The van der Waals surface area contributed by atoms with Gasteiger partial charge in [0.15, 0.2) is 0 Å². The van der Waals surface area contributed by atoms with Crippen molar-refractivity contribution in [3.8, 4) is 0 Å². The first-order chi connectivity index (χ1) is 8.35. The molecule has 0 rings (SSSR count). The number of alkyl halides is 1. The lowest BCUT2D eigenvalue weighted by atomic mass is 10.1. The van der Waals surface area contributed by atoms with Crippen molar-refractivity contribution < 1.29 is 19.0 Å². The zero-order valence-corrected chi connectivity index (χ0v) is 11.5. The zero-order valence-electron chi connectivity index (χ0n) is 11.5. The van der Waals surface area contributed by atoms with Crippen LogP contribution in [0.5, 0.6) is 0 Å². The molecule has 1 atom stereocenters. The molecule has 5 nitrogen and oxygen atoms in total. The van der Waals surface area contributed by atoms with E-state index in [1.54, 1.807) is 0 Å². The third-order valence-electron chi connectivity index (χ3n) is 2.08. The summed E-state index contributed by atoms with van der Waals surface area (Å²) in [6.45, 7) is 6.76. The van der Waals surface area contributed by atoms with Crippen molar-refractivity contribution in [3.05, 3.63) is 0 Å². The van der Waals surface area contributed by atoms with E-state index in [0.29, 0.717) is 6.61 Å². The van der Waals surface area contributed by atoms with Crippen molar-refractivity contribution in [2.45, 2.75) is 38.9 Å². The number of carbonyl (C=O) groups excluding carboxylic acids is 1. The highest BCUT2D eigenvalue weighted by molar-refractivity contribution is 5.76. The van der Waals surface area contributed by atoms with Crippen LogP contribution in [0.1, 0.15) is 27.2 Å². The van der Waals surface area contributed by atoms with Crippen LogP contribution in [0.4, 0.5) is 4.39 Å². The van der Waals surface area contributed by atoms with Gasteiger partial charge in [0.05, 0.1) is 13.2 Å². The molecule has 6 heteroatoms. The summed E-state index contributed by atoms with van der Waals surface area (Å²) in [7, 11) is 0. The van der Waals surface area contributed by atoms with Gasteiger partial charge in [0.1, 0.15) is 12.8 Å². The minimum atomic E-state index is -1.24. The summed E-state index contributed by atoms with van der Waals surface area (Å²) in [4.78, 5) is 10.6. The minimum absolute atomic E-state index is 0.0404. The molecule has 0 fully saturated rings. The van der Waals surface area contributed by atoms with E-state index < -0.39 is 18.7 Å². The van der Waals surface area contributed by atoms with Crippen LogP contribution in [0.15, 0.2) is 0 Å². The molecule has 0 aromatic heterocycles. The fourth-order valence-corrected chi connectivity index (χ4v) is 1.19. The molecular formula is C12H25FN2O3. The zero-order chi connectivity index (χ0) is 14.0. The third kappa shape index (κ3) is 11.8. The molecule has 0 radical (unpaired) electrons. The number of halogens is 1. The number of aliphatic hydroxyl groups excluding tert-OH is 1. The van der Waals surface area contributed by atoms with Crippen LogP contribution in [0.3, 0.4) is 0 Å². The number of nitrogens with one attached hydrogen (secondary N) is 2. The van der Waals surface area contributed by atoms with E-state index in [4.69, 9.17) is 9.84 Å². The molecule has 0 bridgehead atoms. The number of carbonyl (C=O) groups is 1. The van der Waals surface area contributed by atoms with E-state index >= 15 is 0 Å². The Hall–Kier alpha value is -0.720. The second kappa shape index (κ2) is 9.24. The number of rotatable bonds is 9. The Kier molecular flexibility index (Phi) is 8.87. The molecule has 0 spiro atoms. The third-order valence-corrected chi connectivity index (χ3v) is 2.08. The summed E-state index contributed by atoms with van der Waals surface area (Å²) in [6.07, 6.45) is -0.427. The van der Waals surface area contributed by atoms with E-state index in [0.717, 1.165) is 13.0 Å². The standard InChI is InChI=1S/C12H25FN2O3/c1-12(2,3)15-5-4-6-18-9-10(13)7-14-11(17)8-16/h10,15-16H,4-9H2,1-3H3,(H,14,17). The lowest BCUT2D eigenvalue weighted by molar-refractivity contribution is -0.124. The predicted molar refractivity (Wildman–Crippen MR) is 68.2 cm³/mol. The molecule has 0 heterocycles. The summed E-state index contributed by atoms with van der Waals surface area (Å²) in [5.74, 6) is -0.577. The fraction of sp³-hybridized carbons (Fsp3) is 0.917. The highest BCUT2D eigenvalue weighted by Gasteiger charge is 2.09. The van der Waals surface area contributed by atoms with Crippen molar-refractivity contribution in [2.24, 2.45) is 0 Å². The van der Waals surface area contributed by atoms with Crippen molar-refractivity contribution >= 4 is 5.91 Å². The maximum atomic E-state index is 13.2.